The molecule has 1 atom stereocenters. The average molecular weight is 594 g/mol. The molecule has 39 heavy (non-hydrogen) atoms. The largest absolute Gasteiger partial charge is 0.355 e. The van der Waals surface area contributed by atoms with Crippen LogP contribution in [0.3, 0.4) is 0 Å². The molecule has 0 fully saturated rings. The third-order valence-corrected chi connectivity index (χ3v) is 9.65. The van der Waals surface area contributed by atoms with Gasteiger partial charge in [-0.1, -0.05) is 35.9 Å². The third kappa shape index (κ3) is 8.09. The number of nitrogens with one attached hydrogen (secondary N) is 1. The van der Waals surface area contributed by atoms with Gasteiger partial charge < -0.3 is 5.32 Å². The van der Waals surface area contributed by atoms with Gasteiger partial charge in [-0.3, -0.25) is 14.3 Å². The van der Waals surface area contributed by atoms with Crippen molar-refractivity contribution in [3.63, 3.8) is 0 Å². The van der Waals surface area contributed by atoms with Crippen LogP contribution in [0.25, 0.3) is 11.1 Å². The van der Waals surface area contributed by atoms with Crippen LogP contribution < -0.4 is 5.32 Å². The lowest BCUT2D eigenvalue weighted by molar-refractivity contribution is -0.121. The minimum atomic E-state index is -4.20. The van der Waals surface area contributed by atoms with E-state index < -0.39 is 37.8 Å². The van der Waals surface area contributed by atoms with Crippen LogP contribution in [0.5, 0.6) is 0 Å². The number of aromatic nitrogens is 1. The molecule has 9 nitrogen and oxygen atoms in total. The van der Waals surface area contributed by atoms with Gasteiger partial charge in [0.15, 0.2) is 0 Å². The van der Waals surface area contributed by atoms with Gasteiger partial charge in [0.05, 0.1) is 10.6 Å². The number of rotatable bonds is 12. The number of amides is 1. The quantitative estimate of drug-likeness (QED) is 0.294. The van der Waals surface area contributed by atoms with Gasteiger partial charge in [0.2, 0.25) is 15.9 Å². The Hall–Kier alpha value is -2.83. The summed E-state index contributed by atoms with van der Waals surface area (Å²) in [6, 6.07) is 13.7. The number of hydrogen-bond donors (Lipinski definition) is 2. The molecular weight excluding hydrogens is 562 g/mol. The molecule has 0 spiro atoms. The normalized spacial score (nSPS) is 12.9. The molecule has 0 unspecified atom stereocenters. The van der Waals surface area contributed by atoms with Gasteiger partial charge in [-0.2, -0.15) is 12.7 Å². The van der Waals surface area contributed by atoms with Crippen molar-refractivity contribution in [2.45, 2.75) is 44.6 Å². The van der Waals surface area contributed by atoms with Crippen molar-refractivity contribution < 1.29 is 26.2 Å². The highest BCUT2D eigenvalue weighted by molar-refractivity contribution is 7.89. The van der Waals surface area contributed by atoms with Gasteiger partial charge >= 0.3 is 0 Å². The molecule has 12 heteroatoms. The summed E-state index contributed by atoms with van der Waals surface area (Å²) in [7, 11) is -8.22. The van der Waals surface area contributed by atoms with Crippen molar-refractivity contribution in [1.29, 1.82) is 0 Å². The van der Waals surface area contributed by atoms with Crippen LogP contribution in [-0.2, 0) is 24.9 Å². The molecule has 0 saturated heterocycles. The molecule has 3 aromatic rings. The van der Waals surface area contributed by atoms with Crippen molar-refractivity contribution in [2.24, 2.45) is 0 Å². The topological polar surface area (TPSA) is 134 Å². The lowest BCUT2D eigenvalue weighted by Crippen LogP contribution is -2.36. The van der Waals surface area contributed by atoms with Crippen LogP contribution in [0, 0.1) is 13.8 Å². The van der Waals surface area contributed by atoms with E-state index in [1.807, 2.05) is 37.3 Å². The van der Waals surface area contributed by atoms with Crippen molar-refractivity contribution in [2.75, 3.05) is 18.8 Å². The highest BCUT2D eigenvalue weighted by Gasteiger charge is 2.31. The zero-order valence-electron chi connectivity index (χ0n) is 22.0. The number of hydrogen-bond acceptors (Lipinski definition) is 6. The Morgan fingerprint density at radius 2 is 1.82 bits per heavy atom. The summed E-state index contributed by atoms with van der Waals surface area (Å²) in [5.41, 5.74) is 4.10. The molecule has 1 aromatic heterocycles. The zero-order chi connectivity index (χ0) is 28.8. The fraction of sp³-hybridized carbons (Fsp3) is 0.333. The summed E-state index contributed by atoms with van der Waals surface area (Å²) in [5.74, 6) is -1.05. The smallest absolute Gasteiger partial charge is 0.266 e. The molecular formula is C27H32ClN3O6S2. The number of nitrogens with zero attached hydrogens (tertiary/aromatic N) is 2. The Labute approximate surface area is 235 Å². The van der Waals surface area contributed by atoms with E-state index in [1.54, 1.807) is 38.4 Å². The molecule has 0 saturated carbocycles. The van der Waals surface area contributed by atoms with Crippen molar-refractivity contribution in [3.05, 3.63) is 82.6 Å². The van der Waals surface area contributed by atoms with Crippen molar-refractivity contribution >= 4 is 37.6 Å². The zero-order valence-corrected chi connectivity index (χ0v) is 24.4. The minimum absolute atomic E-state index is 0.0275. The maximum absolute atomic E-state index is 14.0. The maximum Gasteiger partial charge on any atom is 0.266 e. The second-order valence-corrected chi connectivity index (χ2v) is 13.0. The number of benzene rings is 2. The number of carbonyl (C=O) groups excluding carboxylic acids is 1. The Balaban J connectivity index is 1.90. The summed E-state index contributed by atoms with van der Waals surface area (Å²) in [6.45, 7) is 5.19. The first-order chi connectivity index (χ1) is 18.3. The predicted molar refractivity (Wildman–Crippen MR) is 152 cm³/mol. The molecule has 0 radical (unpaired) electrons. The van der Waals surface area contributed by atoms with Crippen LogP contribution in [0.1, 0.15) is 42.5 Å². The standard InChI is InChI=1S/C27H32ClN3O6S2/c1-19-18-29-13-12-24(19)23-8-4-7-22(17-23)21(3)31(15-6-11-27(32)30-14-16-38(33,34)35)39(36,37)26-10-5-9-25(28)20(26)2/h4-5,7-10,12-13,17-18,21H,6,11,14-16H2,1-3H3,(H,30,32)(H,33,34,35)/t21-/m1/s1. The summed E-state index contributed by atoms with van der Waals surface area (Å²) in [5, 5.41) is 2.75. The third-order valence-electron chi connectivity index (χ3n) is 6.40. The van der Waals surface area contributed by atoms with E-state index in [0.29, 0.717) is 10.6 Å². The second kappa shape index (κ2) is 13.0. The van der Waals surface area contributed by atoms with Gasteiger partial charge in [-0.15, -0.1) is 0 Å². The molecule has 0 bridgehead atoms. The fourth-order valence-electron chi connectivity index (χ4n) is 4.25. The monoisotopic (exact) mass is 593 g/mol. The SMILES string of the molecule is Cc1cnccc1-c1cccc([C@@H](C)N(CCCC(=O)NCCS(=O)(=O)O)S(=O)(=O)c2cccc(Cl)c2C)c1. The molecule has 2 N–H and O–H groups in total. The number of halogens is 1. The van der Waals surface area contributed by atoms with E-state index in [1.165, 1.54) is 10.4 Å². The van der Waals surface area contributed by atoms with Gasteiger partial charge in [0, 0.05) is 43.0 Å². The molecule has 1 heterocycles. The Kier molecular flexibility index (Phi) is 10.2. The molecule has 210 valence electrons. The number of carbonyl (C=O) groups is 1. The van der Waals surface area contributed by atoms with E-state index in [-0.39, 0.29) is 30.8 Å². The van der Waals surface area contributed by atoms with Gasteiger partial charge in [0.1, 0.15) is 0 Å². The van der Waals surface area contributed by atoms with E-state index in [4.69, 9.17) is 16.2 Å². The Bertz CT molecular complexity index is 1540. The minimum Gasteiger partial charge on any atom is -0.355 e. The summed E-state index contributed by atoms with van der Waals surface area (Å²) in [4.78, 5) is 16.5. The number of sulfonamides is 1. The van der Waals surface area contributed by atoms with Gasteiger partial charge in [0.25, 0.3) is 10.1 Å². The van der Waals surface area contributed by atoms with Crippen LogP contribution in [0.15, 0.2) is 65.8 Å². The van der Waals surface area contributed by atoms with Gasteiger partial charge in [-0.25, -0.2) is 8.42 Å². The van der Waals surface area contributed by atoms with E-state index in [2.05, 4.69) is 10.3 Å². The van der Waals surface area contributed by atoms with Gasteiger partial charge in [-0.05, 0) is 79.3 Å². The van der Waals surface area contributed by atoms with Crippen molar-refractivity contribution in [3.8, 4) is 11.1 Å². The van der Waals surface area contributed by atoms with Crippen LogP contribution in [0.4, 0.5) is 0 Å². The lowest BCUT2D eigenvalue weighted by Gasteiger charge is -2.30. The molecule has 0 aliphatic heterocycles. The second-order valence-electron chi connectivity index (χ2n) is 9.21. The highest BCUT2D eigenvalue weighted by Crippen LogP contribution is 2.33. The summed E-state index contributed by atoms with van der Waals surface area (Å²) < 4.78 is 59.8. The average Bonchev–Trinajstić information content (AvgIpc) is 2.87. The summed E-state index contributed by atoms with van der Waals surface area (Å²) >= 11 is 6.25. The molecule has 0 aliphatic rings. The Morgan fingerprint density at radius 3 is 2.51 bits per heavy atom. The maximum atomic E-state index is 14.0. The molecule has 2 aromatic carbocycles. The lowest BCUT2D eigenvalue weighted by atomic mass is 9.98. The molecule has 1 amide bonds. The first kappa shape index (κ1) is 30.7. The van der Waals surface area contributed by atoms with E-state index in [9.17, 15) is 21.6 Å². The van der Waals surface area contributed by atoms with E-state index >= 15 is 0 Å². The van der Waals surface area contributed by atoms with Crippen LogP contribution in [-0.4, -0.2) is 55.4 Å². The van der Waals surface area contributed by atoms with Crippen LogP contribution in [0.2, 0.25) is 5.02 Å². The number of pyridine rings is 1. The first-order valence-corrected chi connectivity index (χ1v) is 15.7. The number of aryl methyl sites for hydroxylation is 1. The highest BCUT2D eigenvalue weighted by atomic mass is 35.5. The molecule has 3 rings (SSSR count). The van der Waals surface area contributed by atoms with Crippen molar-refractivity contribution in [1.82, 2.24) is 14.6 Å². The van der Waals surface area contributed by atoms with Crippen LogP contribution >= 0.6 is 11.6 Å². The Morgan fingerprint density at radius 1 is 1.10 bits per heavy atom. The fourth-order valence-corrected chi connectivity index (χ4v) is 6.75. The van der Waals surface area contributed by atoms with E-state index in [0.717, 1.165) is 22.3 Å². The molecule has 0 aliphatic carbocycles. The first-order valence-electron chi connectivity index (χ1n) is 12.3. The summed E-state index contributed by atoms with van der Waals surface area (Å²) in [6.07, 6.45) is 3.63. The predicted octanol–water partition coefficient (Wildman–Crippen LogP) is 4.55.